The van der Waals surface area contributed by atoms with E-state index in [1.807, 2.05) is 13.0 Å². The van der Waals surface area contributed by atoms with E-state index in [0.29, 0.717) is 47.3 Å². The quantitative estimate of drug-likeness (QED) is 0.318. The van der Waals surface area contributed by atoms with Crippen LogP contribution in [0, 0.1) is 12.8 Å². The number of urea groups is 1. The van der Waals surface area contributed by atoms with Gasteiger partial charge in [0.25, 0.3) is 0 Å². The molecule has 0 spiro atoms. The first kappa shape index (κ1) is 29.5. The van der Waals surface area contributed by atoms with Crippen molar-refractivity contribution in [2.24, 2.45) is 18.7 Å². The molecule has 2 N–H and O–H groups in total. The molecule has 2 heterocycles. The fourth-order valence-corrected chi connectivity index (χ4v) is 5.38. The molecule has 0 unspecified atom stereocenters. The van der Waals surface area contributed by atoms with E-state index in [4.69, 9.17) is 10.7 Å². The van der Waals surface area contributed by atoms with Gasteiger partial charge < -0.3 is 15.5 Å². The van der Waals surface area contributed by atoms with E-state index in [-0.39, 0.29) is 18.2 Å². The maximum absolute atomic E-state index is 13.4. The van der Waals surface area contributed by atoms with Crippen molar-refractivity contribution < 1.29 is 31.1 Å². The molecule has 0 bridgehead atoms. The first-order chi connectivity index (χ1) is 18.7. The Kier molecular flexibility index (Phi) is 8.23. The molecule has 0 aliphatic heterocycles. The molecule has 218 valence electrons. The zero-order valence-corrected chi connectivity index (χ0v) is 22.5. The molecule has 1 aliphatic carbocycles. The number of carbonyl (C=O) groups excluding carboxylic acids is 1. The standard InChI is InChI=1S/C27H32F6N6O/c1-4-38(13-17-7-5-6-8-17)23-19(11-22-16(2)36-37(3)24(22)35-23)15-39(25(34)40)14-18-9-20(26(28,29)30)12-21(10-18)27(31,32)33/h9-12,17H,4-8,13-15H2,1-3H3,(H2,34,40). The third kappa shape index (κ3) is 6.44. The van der Waals surface area contributed by atoms with Crippen molar-refractivity contribution in [3.05, 3.63) is 52.2 Å². The summed E-state index contributed by atoms with van der Waals surface area (Å²) in [7, 11) is 1.76. The second-order valence-corrected chi connectivity index (χ2v) is 10.3. The zero-order chi connectivity index (χ0) is 29.4. The van der Waals surface area contributed by atoms with Gasteiger partial charge in [-0.15, -0.1) is 0 Å². The number of halogens is 6. The number of alkyl halides is 6. The smallest absolute Gasteiger partial charge is 0.356 e. The number of aromatic nitrogens is 3. The third-order valence-electron chi connectivity index (χ3n) is 7.38. The highest BCUT2D eigenvalue weighted by Gasteiger charge is 2.37. The molecule has 7 nitrogen and oxygen atoms in total. The number of primary amides is 1. The van der Waals surface area contributed by atoms with Crippen LogP contribution in [0.3, 0.4) is 0 Å². The van der Waals surface area contributed by atoms with Gasteiger partial charge >= 0.3 is 18.4 Å². The Labute approximate surface area is 227 Å². The minimum absolute atomic E-state index is 0.0569. The number of hydrogen-bond acceptors (Lipinski definition) is 4. The minimum Gasteiger partial charge on any atom is -0.356 e. The fourth-order valence-electron chi connectivity index (χ4n) is 5.38. The Morgan fingerprint density at radius 1 is 1.02 bits per heavy atom. The van der Waals surface area contributed by atoms with Gasteiger partial charge in [0.05, 0.1) is 23.4 Å². The van der Waals surface area contributed by atoms with Crippen molar-refractivity contribution in [1.82, 2.24) is 19.7 Å². The number of hydrogen-bond donors (Lipinski definition) is 1. The lowest BCUT2D eigenvalue weighted by atomic mass is 10.0. The van der Waals surface area contributed by atoms with Crippen LogP contribution in [0.1, 0.15) is 60.6 Å². The first-order valence-corrected chi connectivity index (χ1v) is 13.1. The molecule has 0 saturated heterocycles. The predicted molar refractivity (Wildman–Crippen MR) is 138 cm³/mol. The van der Waals surface area contributed by atoms with Crippen LogP contribution in [0.2, 0.25) is 0 Å². The molecule has 13 heteroatoms. The van der Waals surface area contributed by atoms with Crippen LogP contribution in [0.5, 0.6) is 0 Å². The molecule has 1 saturated carbocycles. The molecule has 1 fully saturated rings. The van der Waals surface area contributed by atoms with Gasteiger partial charge in [-0.1, -0.05) is 12.8 Å². The molecule has 40 heavy (non-hydrogen) atoms. The van der Waals surface area contributed by atoms with Crippen LogP contribution < -0.4 is 10.6 Å². The summed E-state index contributed by atoms with van der Waals surface area (Å²) >= 11 is 0. The van der Waals surface area contributed by atoms with Gasteiger partial charge in [-0.2, -0.15) is 31.4 Å². The van der Waals surface area contributed by atoms with Crippen molar-refractivity contribution in [3.63, 3.8) is 0 Å². The number of benzene rings is 1. The highest BCUT2D eigenvalue weighted by molar-refractivity contribution is 5.82. The molecule has 4 rings (SSSR count). The Hall–Kier alpha value is -3.51. The summed E-state index contributed by atoms with van der Waals surface area (Å²) in [5.41, 5.74) is 4.25. The van der Waals surface area contributed by atoms with Crippen molar-refractivity contribution in [3.8, 4) is 0 Å². The van der Waals surface area contributed by atoms with Gasteiger partial charge in [-0.3, -0.25) is 4.68 Å². The SMILES string of the molecule is CCN(CC1CCCC1)c1nc2c(cc1CN(Cc1cc(C(F)(F)F)cc(C(F)(F)F)c1)C(N)=O)c(C)nn2C. The average Bonchev–Trinajstić information content (AvgIpc) is 3.47. The van der Waals surface area contributed by atoms with Gasteiger partial charge in [-0.05, 0) is 62.4 Å². The Morgan fingerprint density at radius 3 is 2.15 bits per heavy atom. The van der Waals surface area contributed by atoms with Gasteiger partial charge in [-0.25, -0.2) is 9.78 Å². The summed E-state index contributed by atoms with van der Waals surface area (Å²) in [4.78, 5) is 20.5. The summed E-state index contributed by atoms with van der Waals surface area (Å²) < 4.78 is 82.2. The number of aryl methyl sites for hydroxylation is 2. The number of rotatable bonds is 8. The Bertz CT molecular complexity index is 1340. The van der Waals surface area contributed by atoms with Gasteiger partial charge in [0, 0.05) is 37.6 Å². The maximum atomic E-state index is 13.4. The van der Waals surface area contributed by atoms with Gasteiger partial charge in [0.15, 0.2) is 5.65 Å². The summed E-state index contributed by atoms with van der Waals surface area (Å²) in [6.45, 7) is 4.40. The first-order valence-electron chi connectivity index (χ1n) is 13.1. The molecule has 2 aromatic heterocycles. The molecule has 1 aliphatic rings. The minimum atomic E-state index is -5.00. The lowest BCUT2D eigenvalue weighted by Crippen LogP contribution is -2.36. The molecular formula is C27H32F6N6O. The van der Waals surface area contributed by atoms with Crippen molar-refractivity contribution in [2.75, 3.05) is 18.0 Å². The molecule has 2 amide bonds. The van der Waals surface area contributed by atoms with Gasteiger partial charge in [0.2, 0.25) is 0 Å². The second kappa shape index (κ2) is 11.2. The van der Waals surface area contributed by atoms with E-state index in [1.165, 1.54) is 0 Å². The summed E-state index contributed by atoms with van der Waals surface area (Å²) in [6, 6.07) is 2.11. The Balaban J connectivity index is 1.75. The molecule has 0 atom stereocenters. The van der Waals surface area contributed by atoms with E-state index < -0.39 is 36.1 Å². The zero-order valence-electron chi connectivity index (χ0n) is 22.5. The maximum Gasteiger partial charge on any atom is 0.416 e. The van der Waals surface area contributed by atoms with Crippen LogP contribution >= 0.6 is 0 Å². The van der Waals surface area contributed by atoms with E-state index in [9.17, 15) is 31.1 Å². The Morgan fingerprint density at radius 2 is 1.62 bits per heavy atom. The van der Waals surface area contributed by atoms with Crippen molar-refractivity contribution in [1.29, 1.82) is 0 Å². The van der Waals surface area contributed by atoms with Crippen molar-refractivity contribution in [2.45, 2.75) is 65.0 Å². The lowest BCUT2D eigenvalue weighted by Gasteiger charge is -2.29. The predicted octanol–water partition coefficient (Wildman–Crippen LogP) is 6.41. The summed E-state index contributed by atoms with van der Waals surface area (Å²) in [5.74, 6) is 1.05. The number of fused-ring (bicyclic) bond motifs is 1. The third-order valence-corrected chi connectivity index (χ3v) is 7.38. The van der Waals surface area contributed by atoms with Crippen LogP contribution in [-0.2, 0) is 32.5 Å². The number of nitrogens with zero attached hydrogens (tertiary/aromatic N) is 5. The number of pyridine rings is 1. The number of amides is 2. The largest absolute Gasteiger partial charge is 0.416 e. The monoisotopic (exact) mass is 570 g/mol. The average molecular weight is 571 g/mol. The second-order valence-electron chi connectivity index (χ2n) is 10.3. The van der Waals surface area contributed by atoms with E-state index >= 15 is 0 Å². The lowest BCUT2D eigenvalue weighted by molar-refractivity contribution is -0.143. The van der Waals surface area contributed by atoms with Gasteiger partial charge in [0.1, 0.15) is 5.82 Å². The topological polar surface area (TPSA) is 80.3 Å². The molecular weight excluding hydrogens is 538 g/mol. The van der Waals surface area contributed by atoms with E-state index in [2.05, 4.69) is 10.00 Å². The summed E-state index contributed by atoms with van der Waals surface area (Å²) in [5, 5.41) is 5.15. The molecule has 1 aromatic carbocycles. The number of carbonyl (C=O) groups is 1. The molecule has 0 radical (unpaired) electrons. The summed E-state index contributed by atoms with van der Waals surface area (Å²) in [6.07, 6.45) is -5.54. The number of nitrogens with two attached hydrogens (primary N) is 1. The van der Waals surface area contributed by atoms with Crippen LogP contribution in [0.25, 0.3) is 11.0 Å². The highest BCUT2D eigenvalue weighted by atomic mass is 19.4. The number of anilines is 1. The van der Waals surface area contributed by atoms with E-state index in [1.54, 1.807) is 18.7 Å². The highest BCUT2D eigenvalue weighted by Crippen LogP contribution is 2.37. The van der Waals surface area contributed by atoms with Crippen LogP contribution in [0.4, 0.5) is 37.0 Å². The van der Waals surface area contributed by atoms with Crippen LogP contribution in [-0.4, -0.2) is 38.8 Å². The normalized spacial score (nSPS) is 14.7. The fraction of sp³-hybridized carbons (Fsp3) is 0.519. The van der Waals surface area contributed by atoms with Crippen LogP contribution in [0.15, 0.2) is 24.3 Å². The van der Waals surface area contributed by atoms with Crippen molar-refractivity contribution >= 4 is 22.9 Å². The van der Waals surface area contributed by atoms with E-state index in [0.717, 1.165) is 42.5 Å². The molecule has 3 aromatic rings.